The molecule has 0 radical (unpaired) electrons. The SMILES string of the molecule is CSCc1nnc(SCC(=O)N(C)C2(C#N)CCCCC2)o1. The fourth-order valence-corrected chi connectivity index (χ4v) is 3.65. The second kappa shape index (κ2) is 7.88. The van der Waals surface area contributed by atoms with Gasteiger partial charge in [-0.1, -0.05) is 31.0 Å². The first kappa shape index (κ1) is 17.2. The van der Waals surface area contributed by atoms with E-state index in [-0.39, 0.29) is 11.7 Å². The molecular formula is C14H20N4O2S2. The van der Waals surface area contributed by atoms with E-state index >= 15 is 0 Å². The second-order valence-corrected chi connectivity index (χ2v) is 7.13. The molecule has 2 rings (SSSR count). The molecule has 120 valence electrons. The third-order valence-electron chi connectivity index (χ3n) is 3.94. The number of nitriles is 1. The Morgan fingerprint density at radius 3 is 2.77 bits per heavy atom. The number of aromatic nitrogens is 2. The standard InChI is InChI=1S/C14H20N4O2S2/c1-18(14(10-15)6-4-3-5-7-14)12(19)9-22-13-17-16-11(20-13)8-21-2/h3-9H2,1-2H3. The van der Waals surface area contributed by atoms with Gasteiger partial charge in [-0.3, -0.25) is 4.79 Å². The van der Waals surface area contributed by atoms with Crippen LogP contribution in [-0.2, 0) is 10.5 Å². The first-order chi connectivity index (χ1) is 10.6. The van der Waals surface area contributed by atoms with Crippen molar-refractivity contribution in [2.24, 2.45) is 0 Å². The summed E-state index contributed by atoms with van der Waals surface area (Å²) in [5, 5.41) is 17.7. The van der Waals surface area contributed by atoms with Crippen LogP contribution >= 0.6 is 23.5 Å². The predicted molar refractivity (Wildman–Crippen MR) is 86.4 cm³/mol. The Hall–Kier alpha value is -1.20. The average Bonchev–Trinajstić information content (AvgIpc) is 3.00. The van der Waals surface area contributed by atoms with Crippen molar-refractivity contribution in [2.75, 3.05) is 19.1 Å². The molecule has 0 spiro atoms. The van der Waals surface area contributed by atoms with Gasteiger partial charge in [0, 0.05) is 7.05 Å². The molecule has 1 aliphatic carbocycles. The van der Waals surface area contributed by atoms with Crippen LogP contribution in [0.25, 0.3) is 0 Å². The van der Waals surface area contributed by atoms with Gasteiger partial charge < -0.3 is 9.32 Å². The highest BCUT2D eigenvalue weighted by molar-refractivity contribution is 7.99. The van der Waals surface area contributed by atoms with E-state index in [0.29, 0.717) is 16.9 Å². The van der Waals surface area contributed by atoms with E-state index in [9.17, 15) is 10.1 Å². The smallest absolute Gasteiger partial charge is 0.277 e. The molecule has 0 aromatic carbocycles. The highest BCUT2D eigenvalue weighted by Gasteiger charge is 2.38. The topological polar surface area (TPSA) is 83.0 Å². The molecule has 1 aromatic heterocycles. The normalized spacial score (nSPS) is 17.0. The average molecular weight is 340 g/mol. The van der Waals surface area contributed by atoms with Crippen LogP contribution in [0.4, 0.5) is 0 Å². The fraction of sp³-hybridized carbons (Fsp3) is 0.714. The van der Waals surface area contributed by atoms with Gasteiger partial charge in [0.1, 0.15) is 5.54 Å². The molecule has 22 heavy (non-hydrogen) atoms. The quantitative estimate of drug-likeness (QED) is 0.736. The third-order valence-corrected chi connectivity index (χ3v) is 5.28. The summed E-state index contributed by atoms with van der Waals surface area (Å²) in [6.45, 7) is 0. The zero-order chi connectivity index (χ0) is 16.0. The summed E-state index contributed by atoms with van der Waals surface area (Å²) in [6.07, 6.45) is 6.62. The molecule has 1 aromatic rings. The number of rotatable bonds is 6. The summed E-state index contributed by atoms with van der Waals surface area (Å²) >= 11 is 2.83. The van der Waals surface area contributed by atoms with Crippen LogP contribution in [0.15, 0.2) is 9.64 Å². The Bertz CT molecular complexity index is 549. The van der Waals surface area contributed by atoms with Gasteiger partial charge in [-0.2, -0.15) is 17.0 Å². The molecule has 1 aliphatic rings. The number of nitrogens with zero attached hydrogens (tertiary/aromatic N) is 4. The van der Waals surface area contributed by atoms with E-state index in [1.165, 1.54) is 11.8 Å². The minimum absolute atomic E-state index is 0.0712. The number of amides is 1. The maximum Gasteiger partial charge on any atom is 0.277 e. The van der Waals surface area contributed by atoms with E-state index < -0.39 is 5.54 Å². The number of hydrogen-bond acceptors (Lipinski definition) is 7. The van der Waals surface area contributed by atoms with Crippen molar-refractivity contribution in [3.8, 4) is 6.07 Å². The van der Waals surface area contributed by atoms with Crippen molar-refractivity contribution in [1.29, 1.82) is 5.26 Å². The number of carbonyl (C=O) groups is 1. The fourth-order valence-electron chi connectivity index (χ4n) is 2.60. The van der Waals surface area contributed by atoms with Gasteiger partial charge in [0.15, 0.2) is 0 Å². The Labute approximate surface area is 139 Å². The van der Waals surface area contributed by atoms with Gasteiger partial charge in [-0.25, -0.2) is 0 Å². The van der Waals surface area contributed by atoms with Crippen molar-refractivity contribution in [1.82, 2.24) is 15.1 Å². The first-order valence-corrected chi connectivity index (χ1v) is 9.61. The van der Waals surface area contributed by atoms with Crippen LogP contribution in [0, 0.1) is 11.3 Å². The van der Waals surface area contributed by atoms with Crippen molar-refractivity contribution in [3.63, 3.8) is 0 Å². The summed E-state index contributed by atoms with van der Waals surface area (Å²) in [7, 11) is 1.73. The van der Waals surface area contributed by atoms with Crippen molar-refractivity contribution < 1.29 is 9.21 Å². The lowest BCUT2D eigenvalue weighted by Gasteiger charge is -2.38. The second-order valence-electron chi connectivity index (χ2n) is 5.34. The zero-order valence-corrected chi connectivity index (χ0v) is 14.5. The Morgan fingerprint density at radius 2 is 2.14 bits per heavy atom. The summed E-state index contributed by atoms with van der Waals surface area (Å²) in [4.78, 5) is 14.0. The van der Waals surface area contributed by atoms with E-state index in [2.05, 4.69) is 16.3 Å². The maximum absolute atomic E-state index is 12.4. The van der Waals surface area contributed by atoms with E-state index in [0.717, 1.165) is 32.1 Å². The number of thioether (sulfide) groups is 2. The minimum atomic E-state index is -0.644. The largest absolute Gasteiger partial charge is 0.415 e. The zero-order valence-electron chi connectivity index (χ0n) is 12.9. The molecule has 8 heteroatoms. The Kier molecular flexibility index (Phi) is 6.15. The Balaban J connectivity index is 1.91. The highest BCUT2D eigenvalue weighted by Crippen LogP contribution is 2.33. The first-order valence-electron chi connectivity index (χ1n) is 7.23. The molecule has 0 saturated heterocycles. The number of hydrogen-bond donors (Lipinski definition) is 0. The van der Waals surface area contributed by atoms with Crippen LogP contribution in [-0.4, -0.2) is 45.6 Å². The van der Waals surface area contributed by atoms with Gasteiger partial charge in [0.25, 0.3) is 5.22 Å². The van der Waals surface area contributed by atoms with Crippen molar-refractivity contribution in [3.05, 3.63) is 5.89 Å². The molecule has 1 heterocycles. The van der Waals surface area contributed by atoms with Gasteiger partial charge >= 0.3 is 0 Å². The van der Waals surface area contributed by atoms with Gasteiger partial charge in [-0.05, 0) is 19.1 Å². The van der Waals surface area contributed by atoms with Gasteiger partial charge in [0.05, 0.1) is 17.6 Å². The summed E-state index contributed by atoms with van der Waals surface area (Å²) in [5.74, 6) is 1.37. The highest BCUT2D eigenvalue weighted by atomic mass is 32.2. The molecule has 0 atom stereocenters. The van der Waals surface area contributed by atoms with Crippen molar-refractivity contribution in [2.45, 2.75) is 48.6 Å². The molecule has 1 saturated carbocycles. The molecule has 0 unspecified atom stereocenters. The summed E-state index contributed by atoms with van der Waals surface area (Å²) in [5.41, 5.74) is -0.644. The van der Waals surface area contributed by atoms with Gasteiger partial charge in [0.2, 0.25) is 11.8 Å². The lowest BCUT2D eigenvalue weighted by molar-refractivity contribution is -0.131. The maximum atomic E-state index is 12.4. The predicted octanol–water partition coefficient (Wildman–Crippen LogP) is 2.71. The van der Waals surface area contributed by atoms with Crippen LogP contribution in [0.1, 0.15) is 38.0 Å². The van der Waals surface area contributed by atoms with Crippen molar-refractivity contribution >= 4 is 29.4 Å². The minimum Gasteiger partial charge on any atom is -0.415 e. The van der Waals surface area contributed by atoms with E-state index in [4.69, 9.17) is 4.42 Å². The summed E-state index contributed by atoms with van der Waals surface area (Å²) < 4.78 is 5.44. The van der Waals surface area contributed by atoms with Crippen LogP contribution in [0.3, 0.4) is 0 Å². The van der Waals surface area contributed by atoms with E-state index in [1.54, 1.807) is 23.7 Å². The molecule has 0 bridgehead atoms. The summed E-state index contributed by atoms with van der Waals surface area (Å²) in [6, 6.07) is 2.36. The molecular weight excluding hydrogens is 320 g/mol. The van der Waals surface area contributed by atoms with Crippen LogP contribution in [0.5, 0.6) is 0 Å². The van der Waals surface area contributed by atoms with E-state index in [1.807, 2.05) is 6.26 Å². The van der Waals surface area contributed by atoms with Crippen LogP contribution < -0.4 is 0 Å². The lowest BCUT2D eigenvalue weighted by Crippen LogP contribution is -2.50. The third kappa shape index (κ3) is 3.96. The van der Waals surface area contributed by atoms with Crippen LogP contribution in [0.2, 0.25) is 0 Å². The molecule has 0 aliphatic heterocycles. The molecule has 6 nitrogen and oxygen atoms in total. The monoisotopic (exact) mass is 340 g/mol. The Morgan fingerprint density at radius 1 is 1.41 bits per heavy atom. The lowest BCUT2D eigenvalue weighted by atomic mass is 9.81. The molecule has 0 N–H and O–H groups in total. The van der Waals surface area contributed by atoms with Gasteiger partial charge in [-0.15, -0.1) is 10.2 Å². The molecule has 1 amide bonds. The molecule has 1 fully saturated rings. The number of carbonyl (C=O) groups excluding carboxylic acids is 1.